The average Bonchev–Trinajstić information content (AvgIpc) is 2.50. The Morgan fingerprint density at radius 3 is 2.46 bits per heavy atom. The summed E-state index contributed by atoms with van der Waals surface area (Å²) in [5.41, 5.74) is 1.63. The van der Waals surface area contributed by atoms with Crippen LogP contribution in [0.5, 0.6) is 5.75 Å². The summed E-state index contributed by atoms with van der Waals surface area (Å²) in [4.78, 5) is 25.2. The van der Waals surface area contributed by atoms with Crippen molar-refractivity contribution in [3.63, 3.8) is 0 Å². The number of carbonyl (C=O) groups excluding carboxylic acids is 2. The van der Waals surface area contributed by atoms with Crippen molar-refractivity contribution in [3.05, 3.63) is 28.3 Å². The molecule has 0 aliphatic heterocycles. The normalized spacial score (nSPS) is 11.3. The van der Waals surface area contributed by atoms with E-state index in [9.17, 15) is 9.59 Å². The number of carbonyl (C=O) groups is 2. The average molecular weight is 353 g/mol. The Morgan fingerprint density at radius 2 is 1.92 bits per heavy atom. The van der Waals surface area contributed by atoms with Crippen LogP contribution in [0.15, 0.2) is 12.1 Å². The van der Waals surface area contributed by atoms with E-state index in [2.05, 4.69) is 0 Å². The molecule has 0 saturated carbocycles. The van der Waals surface area contributed by atoms with Crippen LogP contribution in [-0.2, 0) is 14.3 Å². The second-order valence-electron chi connectivity index (χ2n) is 5.46. The fourth-order valence-corrected chi connectivity index (χ4v) is 2.50. The van der Waals surface area contributed by atoms with Gasteiger partial charge in [0.25, 0.3) is 5.91 Å². The van der Waals surface area contributed by atoms with Crippen molar-refractivity contribution >= 4 is 23.5 Å². The van der Waals surface area contributed by atoms with E-state index >= 15 is 0 Å². The molecule has 0 aliphatic rings. The van der Waals surface area contributed by atoms with Crippen LogP contribution in [0.1, 0.15) is 24.5 Å². The zero-order valence-electron chi connectivity index (χ0n) is 14.3. The molecule has 6 nitrogen and oxygen atoms in total. The van der Waals surface area contributed by atoms with Crippen LogP contribution in [0.3, 0.4) is 0 Å². The number of esters is 1. The fourth-order valence-electron chi connectivity index (χ4n) is 2.18. The van der Waals surface area contributed by atoms with Crippen molar-refractivity contribution in [1.29, 1.82) is 5.26 Å². The molecule has 1 amide bonds. The number of hydrogen-bond acceptors (Lipinski definition) is 5. The van der Waals surface area contributed by atoms with Crippen molar-refractivity contribution in [1.82, 2.24) is 4.90 Å². The molecule has 1 aromatic rings. The van der Waals surface area contributed by atoms with Gasteiger partial charge in [0.15, 0.2) is 12.7 Å². The monoisotopic (exact) mass is 352 g/mol. The molecular weight excluding hydrogens is 332 g/mol. The van der Waals surface area contributed by atoms with Gasteiger partial charge in [-0.05, 0) is 44.0 Å². The minimum atomic E-state index is -0.933. The summed E-state index contributed by atoms with van der Waals surface area (Å²) in [6.07, 6.45) is -0.710. The van der Waals surface area contributed by atoms with E-state index in [0.29, 0.717) is 10.8 Å². The van der Waals surface area contributed by atoms with Gasteiger partial charge in [0.05, 0.1) is 12.5 Å². The molecule has 0 radical (unpaired) electrons. The lowest BCUT2D eigenvalue weighted by Crippen LogP contribution is -2.38. The number of benzene rings is 1. The number of aryl methyl sites for hydroxylation is 2. The lowest BCUT2D eigenvalue weighted by atomic mass is 10.1. The molecule has 0 heterocycles. The standard InChI is InChI=1S/C17H21ClN2O4/c1-11-8-14(18)9-12(2)16(11)23-10-15(21)24-13(3)17(22)20(4)7-5-6-19/h8-9,13H,5,7,10H2,1-4H3/t13-/m0/s1. The van der Waals surface area contributed by atoms with E-state index in [0.717, 1.165) is 11.1 Å². The van der Waals surface area contributed by atoms with Crippen LogP contribution in [0.2, 0.25) is 5.02 Å². The third-order valence-electron chi connectivity index (χ3n) is 3.35. The van der Waals surface area contributed by atoms with E-state index in [1.54, 1.807) is 19.2 Å². The number of nitriles is 1. The summed E-state index contributed by atoms with van der Waals surface area (Å²) in [5.74, 6) is -0.433. The number of ether oxygens (including phenoxy) is 2. The van der Waals surface area contributed by atoms with E-state index in [1.165, 1.54) is 11.8 Å². The molecule has 1 rings (SSSR count). The Hall–Kier alpha value is -2.26. The van der Waals surface area contributed by atoms with Gasteiger partial charge >= 0.3 is 5.97 Å². The van der Waals surface area contributed by atoms with Crippen molar-refractivity contribution in [2.75, 3.05) is 20.2 Å². The number of likely N-dealkylation sites (N-methyl/N-ethyl adjacent to an activating group) is 1. The van der Waals surface area contributed by atoms with E-state index in [1.807, 2.05) is 19.9 Å². The lowest BCUT2D eigenvalue weighted by molar-refractivity contribution is -0.160. The van der Waals surface area contributed by atoms with Crippen LogP contribution in [0, 0.1) is 25.2 Å². The van der Waals surface area contributed by atoms with Gasteiger partial charge in [-0.2, -0.15) is 5.26 Å². The van der Waals surface area contributed by atoms with Crippen LogP contribution in [0.25, 0.3) is 0 Å². The summed E-state index contributed by atoms with van der Waals surface area (Å²) in [5, 5.41) is 9.12. The summed E-state index contributed by atoms with van der Waals surface area (Å²) in [6, 6.07) is 5.44. The third kappa shape index (κ3) is 5.74. The van der Waals surface area contributed by atoms with Crippen molar-refractivity contribution in [2.45, 2.75) is 33.3 Å². The topological polar surface area (TPSA) is 79.6 Å². The molecule has 7 heteroatoms. The molecule has 0 N–H and O–H groups in total. The maximum absolute atomic E-state index is 12.0. The van der Waals surface area contributed by atoms with Gasteiger partial charge in [0, 0.05) is 18.6 Å². The first-order chi connectivity index (χ1) is 11.3. The maximum Gasteiger partial charge on any atom is 0.344 e. The van der Waals surface area contributed by atoms with E-state index in [4.69, 9.17) is 26.3 Å². The van der Waals surface area contributed by atoms with Crippen LogP contribution < -0.4 is 4.74 Å². The predicted octanol–water partition coefficient (Wildman–Crippen LogP) is 2.64. The van der Waals surface area contributed by atoms with Crippen LogP contribution >= 0.6 is 11.6 Å². The highest BCUT2D eigenvalue weighted by Crippen LogP contribution is 2.26. The molecule has 0 aliphatic carbocycles. The van der Waals surface area contributed by atoms with Gasteiger partial charge in [-0.3, -0.25) is 4.79 Å². The highest BCUT2D eigenvalue weighted by atomic mass is 35.5. The Labute approximate surface area is 146 Å². The molecule has 24 heavy (non-hydrogen) atoms. The van der Waals surface area contributed by atoms with E-state index in [-0.39, 0.29) is 25.5 Å². The summed E-state index contributed by atoms with van der Waals surface area (Å²) in [6.45, 7) is 5.13. The minimum absolute atomic E-state index is 0.223. The molecule has 0 saturated heterocycles. The molecule has 0 bridgehead atoms. The van der Waals surface area contributed by atoms with Gasteiger partial charge in [-0.25, -0.2) is 4.79 Å². The second-order valence-corrected chi connectivity index (χ2v) is 5.89. The highest BCUT2D eigenvalue weighted by molar-refractivity contribution is 6.30. The fraction of sp³-hybridized carbons (Fsp3) is 0.471. The smallest absolute Gasteiger partial charge is 0.344 e. The predicted molar refractivity (Wildman–Crippen MR) is 89.8 cm³/mol. The molecule has 1 aromatic carbocycles. The third-order valence-corrected chi connectivity index (χ3v) is 3.57. The van der Waals surface area contributed by atoms with Gasteiger partial charge in [-0.15, -0.1) is 0 Å². The lowest BCUT2D eigenvalue weighted by Gasteiger charge is -2.20. The molecule has 0 fully saturated rings. The molecule has 0 spiro atoms. The zero-order valence-corrected chi connectivity index (χ0v) is 15.0. The molecule has 0 unspecified atom stereocenters. The van der Waals surface area contributed by atoms with Gasteiger partial charge < -0.3 is 14.4 Å². The molecule has 1 atom stereocenters. The maximum atomic E-state index is 12.0. The largest absolute Gasteiger partial charge is 0.481 e. The van der Waals surface area contributed by atoms with Crippen molar-refractivity contribution < 1.29 is 19.1 Å². The van der Waals surface area contributed by atoms with Gasteiger partial charge in [0.1, 0.15) is 5.75 Å². The van der Waals surface area contributed by atoms with Crippen LogP contribution in [-0.4, -0.2) is 43.1 Å². The minimum Gasteiger partial charge on any atom is -0.481 e. The summed E-state index contributed by atoms with van der Waals surface area (Å²) in [7, 11) is 1.56. The second kappa shape index (κ2) is 9.14. The quantitative estimate of drug-likeness (QED) is 0.705. The summed E-state index contributed by atoms with van der Waals surface area (Å²) < 4.78 is 10.6. The van der Waals surface area contributed by atoms with Crippen LogP contribution in [0.4, 0.5) is 0 Å². The molecule has 130 valence electrons. The zero-order chi connectivity index (χ0) is 18.3. The first-order valence-corrected chi connectivity index (χ1v) is 7.85. The molecular formula is C17H21ClN2O4. The summed E-state index contributed by atoms with van der Waals surface area (Å²) >= 11 is 5.94. The van der Waals surface area contributed by atoms with E-state index < -0.39 is 12.1 Å². The Balaban J connectivity index is 2.55. The first-order valence-electron chi connectivity index (χ1n) is 7.47. The molecule has 0 aromatic heterocycles. The number of halogens is 1. The SMILES string of the molecule is Cc1cc(Cl)cc(C)c1OCC(=O)O[C@@H](C)C(=O)N(C)CCC#N. The first kappa shape index (κ1) is 19.8. The van der Waals surface area contributed by atoms with Gasteiger partial charge in [-0.1, -0.05) is 11.6 Å². The number of rotatable bonds is 7. The Morgan fingerprint density at radius 1 is 1.33 bits per heavy atom. The van der Waals surface area contributed by atoms with Gasteiger partial charge in [0.2, 0.25) is 0 Å². The Kier molecular flexibility index (Phi) is 7.53. The number of amides is 1. The number of nitrogens with zero attached hydrogens (tertiary/aromatic N) is 2. The van der Waals surface area contributed by atoms with Crippen molar-refractivity contribution in [3.8, 4) is 11.8 Å². The highest BCUT2D eigenvalue weighted by Gasteiger charge is 2.21. The number of hydrogen-bond donors (Lipinski definition) is 0. The Bertz CT molecular complexity index is 631. The van der Waals surface area contributed by atoms with Crippen molar-refractivity contribution in [2.24, 2.45) is 0 Å².